The largest absolute Gasteiger partial charge is 0.338 e. The van der Waals surface area contributed by atoms with Crippen LogP contribution in [-0.4, -0.2) is 17.4 Å². The van der Waals surface area contributed by atoms with Gasteiger partial charge >= 0.3 is 0 Å². The number of piperidine rings is 1. The quantitative estimate of drug-likeness (QED) is 0.836. The number of hydrogen-bond donors (Lipinski definition) is 0. The standard InChI is InChI=1S/C19H21NO/c21-19-14-18(13-16-7-3-1-4-8-16)11-12-20(19)15-17-9-5-2-6-10-17/h1-10,18H,11-15H2. The van der Waals surface area contributed by atoms with E-state index in [0.717, 1.165) is 25.9 Å². The molecule has 2 aromatic rings. The summed E-state index contributed by atoms with van der Waals surface area (Å²) in [6.45, 7) is 1.63. The van der Waals surface area contributed by atoms with Crippen LogP contribution >= 0.6 is 0 Å². The average molecular weight is 279 g/mol. The van der Waals surface area contributed by atoms with Crippen LogP contribution in [0.3, 0.4) is 0 Å². The normalized spacial score (nSPS) is 18.8. The van der Waals surface area contributed by atoms with Gasteiger partial charge < -0.3 is 4.90 Å². The van der Waals surface area contributed by atoms with E-state index in [0.29, 0.717) is 18.2 Å². The van der Waals surface area contributed by atoms with Gasteiger partial charge in [0.1, 0.15) is 0 Å². The van der Waals surface area contributed by atoms with Crippen molar-refractivity contribution in [3.05, 3.63) is 71.8 Å². The van der Waals surface area contributed by atoms with Crippen molar-refractivity contribution in [1.29, 1.82) is 0 Å². The van der Waals surface area contributed by atoms with E-state index in [2.05, 4.69) is 36.4 Å². The number of carbonyl (C=O) groups excluding carboxylic acids is 1. The fourth-order valence-electron chi connectivity index (χ4n) is 3.03. The molecule has 0 N–H and O–H groups in total. The van der Waals surface area contributed by atoms with Crippen LogP contribution in [0.2, 0.25) is 0 Å². The summed E-state index contributed by atoms with van der Waals surface area (Å²) in [7, 11) is 0. The first kappa shape index (κ1) is 13.9. The molecule has 1 amide bonds. The highest BCUT2D eigenvalue weighted by molar-refractivity contribution is 5.77. The Morgan fingerprint density at radius 1 is 0.905 bits per heavy atom. The maximum absolute atomic E-state index is 12.3. The van der Waals surface area contributed by atoms with Gasteiger partial charge in [-0.1, -0.05) is 60.7 Å². The molecule has 2 aromatic carbocycles. The third-order valence-corrected chi connectivity index (χ3v) is 4.21. The Bertz CT molecular complexity index is 579. The van der Waals surface area contributed by atoms with Crippen LogP contribution in [0.4, 0.5) is 0 Å². The lowest BCUT2D eigenvalue weighted by Gasteiger charge is -2.32. The number of amides is 1. The van der Waals surface area contributed by atoms with Crippen molar-refractivity contribution in [1.82, 2.24) is 4.90 Å². The van der Waals surface area contributed by atoms with Crippen molar-refractivity contribution >= 4 is 5.91 Å². The van der Waals surface area contributed by atoms with E-state index in [1.807, 2.05) is 29.2 Å². The van der Waals surface area contributed by atoms with Gasteiger partial charge in [-0.15, -0.1) is 0 Å². The predicted molar refractivity (Wildman–Crippen MR) is 84.7 cm³/mol. The Morgan fingerprint density at radius 2 is 1.52 bits per heavy atom. The smallest absolute Gasteiger partial charge is 0.223 e. The number of rotatable bonds is 4. The monoisotopic (exact) mass is 279 g/mol. The first-order chi connectivity index (χ1) is 10.3. The van der Waals surface area contributed by atoms with Gasteiger partial charge in [0, 0.05) is 19.5 Å². The molecule has 3 rings (SSSR count). The fourth-order valence-corrected chi connectivity index (χ4v) is 3.03. The summed E-state index contributed by atoms with van der Waals surface area (Å²) in [5.74, 6) is 0.790. The zero-order valence-electron chi connectivity index (χ0n) is 12.2. The summed E-state index contributed by atoms with van der Waals surface area (Å²) in [6, 6.07) is 20.7. The highest BCUT2D eigenvalue weighted by atomic mass is 16.2. The second-order valence-electron chi connectivity index (χ2n) is 5.85. The molecule has 0 radical (unpaired) electrons. The molecule has 2 heteroatoms. The maximum atomic E-state index is 12.3. The van der Waals surface area contributed by atoms with E-state index in [1.54, 1.807) is 0 Å². The zero-order chi connectivity index (χ0) is 14.5. The summed E-state index contributed by atoms with van der Waals surface area (Å²) in [5, 5.41) is 0. The van der Waals surface area contributed by atoms with Crippen molar-refractivity contribution < 1.29 is 4.79 Å². The molecule has 1 aliphatic rings. The van der Waals surface area contributed by atoms with Gasteiger partial charge in [0.15, 0.2) is 0 Å². The van der Waals surface area contributed by atoms with Crippen LogP contribution in [0.1, 0.15) is 24.0 Å². The number of likely N-dealkylation sites (tertiary alicyclic amines) is 1. The summed E-state index contributed by atoms with van der Waals surface area (Å²) in [4.78, 5) is 14.3. The molecule has 2 nitrogen and oxygen atoms in total. The molecule has 1 unspecified atom stereocenters. The average Bonchev–Trinajstić information content (AvgIpc) is 2.52. The second-order valence-corrected chi connectivity index (χ2v) is 5.85. The summed E-state index contributed by atoms with van der Waals surface area (Å²) >= 11 is 0. The predicted octanol–water partition coefficient (Wildman–Crippen LogP) is 3.67. The molecule has 21 heavy (non-hydrogen) atoms. The van der Waals surface area contributed by atoms with E-state index in [9.17, 15) is 4.79 Å². The molecule has 1 aliphatic heterocycles. The molecule has 1 atom stereocenters. The molecule has 108 valence electrons. The number of nitrogens with zero attached hydrogens (tertiary/aromatic N) is 1. The van der Waals surface area contributed by atoms with Gasteiger partial charge in [-0.25, -0.2) is 0 Å². The third-order valence-electron chi connectivity index (χ3n) is 4.21. The first-order valence-electron chi connectivity index (χ1n) is 7.67. The molecule has 0 saturated carbocycles. The van der Waals surface area contributed by atoms with E-state index in [-0.39, 0.29) is 0 Å². The molecule has 0 aliphatic carbocycles. The lowest BCUT2D eigenvalue weighted by atomic mass is 9.89. The molecule has 0 bridgehead atoms. The second kappa shape index (κ2) is 6.57. The Balaban J connectivity index is 1.56. The Morgan fingerprint density at radius 3 is 2.14 bits per heavy atom. The Labute approximate surface area is 126 Å². The minimum atomic E-state index is 0.297. The van der Waals surface area contributed by atoms with Crippen LogP contribution in [0, 0.1) is 5.92 Å². The molecule has 1 fully saturated rings. The van der Waals surface area contributed by atoms with Crippen molar-refractivity contribution in [2.24, 2.45) is 5.92 Å². The van der Waals surface area contributed by atoms with E-state index < -0.39 is 0 Å². The third kappa shape index (κ3) is 3.72. The minimum absolute atomic E-state index is 0.297. The summed E-state index contributed by atoms with van der Waals surface area (Å²) in [5.41, 5.74) is 2.55. The highest BCUT2D eigenvalue weighted by Gasteiger charge is 2.25. The maximum Gasteiger partial charge on any atom is 0.223 e. The van der Waals surface area contributed by atoms with Crippen molar-refractivity contribution in [3.8, 4) is 0 Å². The fraction of sp³-hybridized carbons (Fsp3) is 0.316. The Hall–Kier alpha value is -2.09. The van der Waals surface area contributed by atoms with Gasteiger partial charge in [0.2, 0.25) is 5.91 Å². The molecule has 0 spiro atoms. The van der Waals surface area contributed by atoms with Gasteiger partial charge in [-0.2, -0.15) is 0 Å². The van der Waals surface area contributed by atoms with Crippen molar-refractivity contribution in [2.75, 3.05) is 6.54 Å². The van der Waals surface area contributed by atoms with Crippen molar-refractivity contribution in [3.63, 3.8) is 0 Å². The first-order valence-corrected chi connectivity index (χ1v) is 7.67. The SMILES string of the molecule is O=C1CC(Cc2ccccc2)CCN1Cc1ccccc1. The molecule has 1 heterocycles. The van der Waals surface area contributed by atoms with Crippen LogP contribution in [-0.2, 0) is 17.8 Å². The van der Waals surface area contributed by atoms with Gasteiger partial charge in [0.25, 0.3) is 0 Å². The number of carbonyl (C=O) groups is 1. The summed E-state index contributed by atoms with van der Waals surface area (Å²) in [6.07, 6.45) is 2.81. The van der Waals surface area contributed by atoms with Crippen LogP contribution < -0.4 is 0 Å². The highest BCUT2D eigenvalue weighted by Crippen LogP contribution is 2.23. The number of hydrogen-bond acceptors (Lipinski definition) is 1. The molecule has 1 saturated heterocycles. The topological polar surface area (TPSA) is 20.3 Å². The summed E-state index contributed by atoms with van der Waals surface area (Å²) < 4.78 is 0. The van der Waals surface area contributed by atoms with E-state index >= 15 is 0 Å². The van der Waals surface area contributed by atoms with Crippen LogP contribution in [0.15, 0.2) is 60.7 Å². The van der Waals surface area contributed by atoms with Gasteiger partial charge in [0.05, 0.1) is 0 Å². The zero-order valence-corrected chi connectivity index (χ0v) is 12.2. The van der Waals surface area contributed by atoms with Crippen LogP contribution in [0.25, 0.3) is 0 Å². The molecular formula is C19H21NO. The number of benzene rings is 2. The van der Waals surface area contributed by atoms with E-state index in [1.165, 1.54) is 11.1 Å². The van der Waals surface area contributed by atoms with E-state index in [4.69, 9.17) is 0 Å². The molecule has 0 aromatic heterocycles. The van der Waals surface area contributed by atoms with Crippen molar-refractivity contribution in [2.45, 2.75) is 25.8 Å². The molecular weight excluding hydrogens is 258 g/mol. The lowest BCUT2D eigenvalue weighted by Crippen LogP contribution is -2.38. The van der Waals surface area contributed by atoms with Gasteiger partial charge in [-0.3, -0.25) is 4.79 Å². The minimum Gasteiger partial charge on any atom is -0.338 e. The van der Waals surface area contributed by atoms with Crippen LogP contribution in [0.5, 0.6) is 0 Å². The van der Waals surface area contributed by atoms with Gasteiger partial charge in [-0.05, 0) is 29.9 Å². The lowest BCUT2D eigenvalue weighted by molar-refractivity contribution is -0.135. The Kier molecular flexibility index (Phi) is 4.34.